The zero-order valence-corrected chi connectivity index (χ0v) is 8.48. The molecule has 0 aromatic carbocycles. The highest BCUT2D eigenvalue weighted by Crippen LogP contribution is 2.15. The Bertz CT molecular complexity index is 318. The number of rotatable bonds is 3. The van der Waals surface area contributed by atoms with E-state index in [1.807, 2.05) is 0 Å². The SMILES string of the molecule is C=C/C=C(C)\C(=C/C)S(C)(=O)=O. The third-order valence-corrected chi connectivity index (χ3v) is 2.77. The molecule has 68 valence electrons. The molecule has 0 saturated heterocycles. The van der Waals surface area contributed by atoms with E-state index < -0.39 is 9.84 Å². The lowest BCUT2D eigenvalue weighted by Gasteiger charge is -2.02. The van der Waals surface area contributed by atoms with Crippen LogP contribution < -0.4 is 0 Å². The van der Waals surface area contributed by atoms with Gasteiger partial charge in [-0.25, -0.2) is 8.42 Å². The molecule has 0 unspecified atom stereocenters. The molecule has 2 nitrogen and oxygen atoms in total. The zero-order chi connectivity index (χ0) is 9.78. The van der Waals surface area contributed by atoms with E-state index >= 15 is 0 Å². The maximum absolute atomic E-state index is 11.1. The summed E-state index contributed by atoms with van der Waals surface area (Å²) in [5, 5.41) is 0. The van der Waals surface area contributed by atoms with Gasteiger partial charge in [0.05, 0.1) is 4.91 Å². The Hall–Kier alpha value is -0.830. The molecule has 3 heteroatoms. The summed E-state index contributed by atoms with van der Waals surface area (Å²) in [6, 6.07) is 0. The smallest absolute Gasteiger partial charge is 0.175 e. The third-order valence-electron chi connectivity index (χ3n) is 1.42. The highest BCUT2D eigenvalue weighted by Gasteiger charge is 2.10. The normalized spacial score (nSPS) is 14.6. The summed E-state index contributed by atoms with van der Waals surface area (Å²) >= 11 is 0. The molecule has 0 aliphatic rings. The van der Waals surface area contributed by atoms with Gasteiger partial charge in [0, 0.05) is 6.26 Å². The molecule has 0 amide bonds. The van der Waals surface area contributed by atoms with E-state index in [4.69, 9.17) is 0 Å². The number of allylic oxidation sites excluding steroid dienone is 4. The quantitative estimate of drug-likeness (QED) is 0.632. The van der Waals surface area contributed by atoms with Crippen molar-refractivity contribution in [3.63, 3.8) is 0 Å². The Kier molecular flexibility index (Phi) is 3.96. The van der Waals surface area contributed by atoms with Crippen LogP contribution in [-0.4, -0.2) is 14.7 Å². The molecule has 0 rings (SSSR count). The van der Waals surface area contributed by atoms with Crippen LogP contribution in [0.3, 0.4) is 0 Å². The molecular weight excluding hydrogens is 172 g/mol. The highest BCUT2D eigenvalue weighted by atomic mass is 32.2. The second-order valence-electron chi connectivity index (χ2n) is 2.51. The van der Waals surface area contributed by atoms with E-state index in [1.54, 1.807) is 32.1 Å². The van der Waals surface area contributed by atoms with Crippen LogP contribution in [-0.2, 0) is 9.84 Å². The van der Waals surface area contributed by atoms with Gasteiger partial charge in [-0.05, 0) is 19.4 Å². The average Bonchev–Trinajstić information content (AvgIpc) is 1.85. The average molecular weight is 186 g/mol. The second-order valence-corrected chi connectivity index (χ2v) is 4.49. The van der Waals surface area contributed by atoms with E-state index in [-0.39, 0.29) is 0 Å². The topological polar surface area (TPSA) is 34.1 Å². The lowest BCUT2D eigenvalue weighted by atomic mass is 10.2. The molecule has 0 atom stereocenters. The lowest BCUT2D eigenvalue weighted by Crippen LogP contribution is -2.01. The van der Waals surface area contributed by atoms with Crippen molar-refractivity contribution in [3.8, 4) is 0 Å². The minimum absolute atomic E-state index is 0.363. The van der Waals surface area contributed by atoms with Crippen LogP contribution >= 0.6 is 0 Å². The van der Waals surface area contributed by atoms with Crippen LogP contribution in [0.4, 0.5) is 0 Å². The van der Waals surface area contributed by atoms with Gasteiger partial charge in [0.25, 0.3) is 0 Å². The van der Waals surface area contributed by atoms with Gasteiger partial charge in [-0.3, -0.25) is 0 Å². The first-order valence-electron chi connectivity index (χ1n) is 3.59. The van der Waals surface area contributed by atoms with Crippen molar-refractivity contribution in [3.05, 3.63) is 35.3 Å². The fourth-order valence-corrected chi connectivity index (χ4v) is 2.07. The monoisotopic (exact) mass is 186 g/mol. The molecule has 0 saturated carbocycles. The van der Waals surface area contributed by atoms with Gasteiger partial charge in [-0.1, -0.05) is 24.8 Å². The largest absolute Gasteiger partial charge is 0.224 e. The number of hydrogen-bond acceptors (Lipinski definition) is 2. The van der Waals surface area contributed by atoms with Crippen molar-refractivity contribution in [2.45, 2.75) is 13.8 Å². The zero-order valence-electron chi connectivity index (χ0n) is 7.66. The Morgan fingerprint density at radius 3 is 2.17 bits per heavy atom. The van der Waals surface area contributed by atoms with Gasteiger partial charge >= 0.3 is 0 Å². The molecule has 0 fully saturated rings. The van der Waals surface area contributed by atoms with Crippen LogP contribution in [0.2, 0.25) is 0 Å². The predicted octanol–water partition coefficient (Wildman–Crippen LogP) is 2.07. The van der Waals surface area contributed by atoms with Crippen molar-refractivity contribution < 1.29 is 8.42 Å². The summed E-state index contributed by atoms with van der Waals surface area (Å²) in [7, 11) is -3.09. The molecule has 12 heavy (non-hydrogen) atoms. The molecule has 0 aromatic rings. The van der Waals surface area contributed by atoms with E-state index in [2.05, 4.69) is 6.58 Å². The first-order valence-corrected chi connectivity index (χ1v) is 5.48. The van der Waals surface area contributed by atoms with Gasteiger partial charge in [-0.2, -0.15) is 0 Å². The van der Waals surface area contributed by atoms with Crippen molar-refractivity contribution in [2.75, 3.05) is 6.26 Å². The van der Waals surface area contributed by atoms with E-state index in [1.165, 1.54) is 6.26 Å². The Morgan fingerprint density at radius 2 is 1.92 bits per heavy atom. The molecule has 0 aliphatic carbocycles. The van der Waals surface area contributed by atoms with Crippen molar-refractivity contribution >= 4 is 9.84 Å². The van der Waals surface area contributed by atoms with Gasteiger partial charge in [-0.15, -0.1) is 0 Å². The Labute approximate surface area is 74.2 Å². The van der Waals surface area contributed by atoms with Gasteiger partial charge in [0.15, 0.2) is 9.84 Å². The maximum Gasteiger partial charge on any atom is 0.175 e. The summed E-state index contributed by atoms with van der Waals surface area (Å²) in [6.07, 6.45) is 6.04. The van der Waals surface area contributed by atoms with E-state index in [9.17, 15) is 8.42 Å². The summed E-state index contributed by atoms with van der Waals surface area (Å²) < 4.78 is 22.3. The lowest BCUT2D eigenvalue weighted by molar-refractivity contribution is 0.608. The van der Waals surface area contributed by atoms with E-state index in [0.29, 0.717) is 4.91 Å². The van der Waals surface area contributed by atoms with Gasteiger partial charge in [0.2, 0.25) is 0 Å². The molecule has 0 aliphatic heterocycles. The predicted molar refractivity (Wildman–Crippen MR) is 52.6 cm³/mol. The summed E-state index contributed by atoms with van der Waals surface area (Å²) in [5.74, 6) is 0. The molecule has 0 spiro atoms. The van der Waals surface area contributed by atoms with Gasteiger partial charge < -0.3 is 0 Å². The number of sulfone groups is 1. The molecule has 0 bridgehead atoms. The molecule has 0 radical (unpaired) electrons. The molecular formula is C9H14O2S. The Balaban J connectivity index is 5.12. The van der Waals surface area contributed by atoms with Crippen molar-refractivity contribution in [1.29, 1.82) is 0 Å². The fourth-order valence-electron chi connectivity index (χ4n) is 0.993. The van der Waals surface area contributed by atoms with Gasteiger partial charge in [0.1, 0.15) is 0 Å². The highest BCUT2D eigenvalue weighted by molar-refractivity contribution is 7.94. The first kappa shape index (κ1) is 11.2. The third kappa shape index (κ3) is 3.05. The molecule has 0 N–H and O–H groups in total. The molecule has 0 heterocycles. The summed E-state index contributed by atoms with van der Waals surface area (Å²) in [5.41, 5.74) is 0.718. The standard InChI is InChI=1S/C9H14O2S/c1-5-7-8(3)9(6-2)12(4,10)11/h5-7H,1H2,2-4H3/b8-7-,9-6+. The van der Waals surface area contributed by atoms with Crippen molar-refractivity contribution in [1.82, 2.24) is 0 Å². The van der Waals surface area contributed by atoms with Crippen LogP contribution in [0, 0.1) is 0 Å². The molecule has 0 aromatic heterocycles. The minimum atomic E-state index is -3.09. The van der Waals surface area contributed by atoms with E-state index in [0.717, 1.165) is 5.57 Å². The maximum atomic E-state index is 11.1. The van der Waals surface area contributed by atoms with Crippen LogP contribution in [0.5, 0.6) is 0 Å². The van der Waals surface area contributed by atoms with Crippen LogP contribution in [0.1, 0.15) is 13.8 Å². The van der Waals surface area contributed by atoms with Crippen molar-refractivity contribution in [2.24, 2.45) is 0 Å². The number of hydrogen-bond donors (Lipinski definition) is 0. The summed E-state index contributed by atoms with van der Waals surface area (Å²) in [6.45, 7) is 6.95. The Morgan fingerprint density at radius 1 is 1.42 bits per heavy atom. The minimum Gasteiger partial charge on any atom is -0.224 e. The van der Waals surface area contributed by atoms with Crippen LogP contribution in [0.15, 0.2) is 35.3 Å². The van der Waals surface area contributed by atoms with Crippen LogP contribution in [0.25, 0.3) is 0 Å². The first-order chi connectivity index (χ1) is 5.43. The fraction of sp³-hybridized carbons (Fsp3) is 0.333. The second kappa shape index (κ2) is 4.26. The summed E-state index contributed by atoms with van der Waals surface area (Å²) in [4.78, 5) is 0.363.